The number of hydrogen-bond acceptors (Lipinski definition) is 10. The predicted molar refractivity (Wildman–Crippen MR) is 102 cm³/mol. The van der Waals surface area contributed by atoms with Crippen LogP contribution in [-0.4, -0.2) is 68.2 Å². The number of thioether (sulfide) groups is 1. The minimum absolute atomic E-state index is 0.163. The Hall–Kier alpha value is -2.43. The molecule has 27 heavy (non-hydrogen) atoms. The van der Waals surface area contributed by atoms with E-state index in [0.29, 0.717) is 29.6 Å². The zero-order valence-electron chi connectivity index (χ0n) is 15.6. The molecule has 1 saturated heterocycles. The molecule has 3 heterocycles. The van der Waals surface area contributed by atoms with Crippen LogP contribution >= 0.6 is 11.8 Å². The topological polar surface area (TPSA) is 111 Å². The fraction of sp³-hybridized carbons (Fsp3) is 0.625. The van der Waals surface area contributed by atoms with Gasteiger partial charge in [-0.25, -0.2) is 4.98 Å². The van der Waals surface area contributed by atoms with Crippen LogP contribution in [-0.2, 0) is 9.53 Å². The van der Waals surface area contributed by atoms with E-state index in [1.165, 1.54) is 35.6 Å². The van der Waals surface area contributed by atoms with Crippen LogP contribution in [0.3, 0.4) is 0 Å². The Morgan fingerprint density at radius 3 is 2.63 bits per heavy atom. The van der Waals surface area contributed by atoms with Gasteiger partial charge in [0.1, 0.15) is 6.33 Å². The van der Waals surface area contributed by atoms with Gasteiger partial charge in [0.05, 0.1) is 12.4 Å². The number of rotatable bonds is 7. The number of nitrogens with zero attached hydrogens (tertiary/aromatic N) is 7. The normalized spacial score (nSPS) is 14.7. The SMILES string of the molecule is CCOC(=O)CSc1ncn(-c2nc(NC)nc(N3CCCCCC3)n2)n1. The Kier molecular flexibility index (Phi) is 6.80. The maximum Gasteiger partial charge on any atom is 0.316 e. The monoisotopic (exact) mass is 392 g/mol. The number of anilines is 2. The largest absolute Gasteiger partial charge is 0.465 e. The van der Waals surface area contributed by atoms with E-state index in [-0.39, 0.29) is 11.7 Å². The van der Waals surface area contributed by atoms with E-state index in [1.807, 2.05) is 0 Å². The molecule has 0 amide bonds. The number of esters is 1. The van der Waals surface area contributed by atoms with Gasteiger partial charge in [-0.3, -0.25) is 4.79 Å². The molecule has 1 aliphatic heterocycles. The van der Waals surface area contributed by atoms with Crippen LogP contribution in [0.15, 0.2) is 11.5 Å². The maximum atomic E-state index is 11.5. The molecular weight excluding hydrogens is 368 g/mol. The van der Waals surface area contributed by atoms with E-state index in [4.69, 9.17) is 4.74 Å². The Bertz CT molecular complexity index is 761. The molecule has 1 N–H and O–H groups in total. The van der Waals surface area contributed by atoms with Crippen molar-refractivity contribution in [3.05, 3.63) is 6.33 Å². The molecule has 0 unspecified atom stereocenters. The zero-order chi connectivity index (χ0) is 19.1. The van der Waals surface area contributed by atoms with Crippen molar-refractivity contribution in [1.82, 2.24) is 29.7 Å². The van der Waals surface area contributed by atoms with Crippen molar-refractivity contribution >= 4 is 29.6 Å². The highest BCUT2D eigenvalue weighted by atomic mass is 32.2. The van der Waals surface area contributed by atoms with Gasteiger partial charge < -0.3 is 15.0 Å². The third-order valence-electron chi connectivity index (χ3n) is 4.02. The molecule has 0 saturated carbocycles. The van der Waals surface area contributed by atoms with Gasteiger partial charge in [0.25, 0.3) is 5.95 Å². The highest BCUT2D eigenvalue weighted by Gasteiger charge is 2.17. The summed E-state index contributed by atoms with van der Waals surface area (Å²) in [7, 11) is 1.77. The van der Waals surface area contributed by atoms with Crippen LogP contribution in [0, 0.1) is 0 Å². The summed E-state index contributed by atoms with van der Waals surface area (Å²) in [5.74, 6) is 1.39. The molecule has 0 aliphatic carbocycles. The van der Waals surface area contributed by atoms with Crippen LogP contribution in [0.1, 0.15) is 32.6 Å². The van der Waals surface area contributed by atoms with Crippen molar-refractivity contribution in [2.45, 2.75) is 37.8 Å². The van der Waals surface area contributed by atoms with Gasteiger partial charge in [-0.1, -0.05) is 24.6 Å². The van der Waals surface area contributed by atoms with E-state index >= 15 is 0 Å². The minimum atomic E-state index is -0.292. The molecule has 1 fully saturated rings. The lowest BCUT2D eigenvalue weighted by Crippen LogP contribution is -2.27. The summed E-state index contributed by atoms with van der Waals surface area (Å²) in [6, 6.07) is 0. The molecule has 0 radical (unpaired) electrons. The lowest BCUT2D eigenvalue weighted by atomic mass is 10.2. The van der Waals surface area contributed by atoms with E-state index < -0.39 is 0 Å². The fourth-order valence-electron chi connectivity index (χ4n) is 2.72. The third-order valence-corrected chi connectivity index (χ3v) is 4.85. The van der Waals surface area contributed by atoms with Gasteiger partial charge in [0.2, 0.25) is 17.1 Å². The van der Waals surface area contributed by atoms with E-state index in [2.05, 4.69) is 35.3 Å². The number of carbonyl (C=O) groups is 1. The van der Waals surface area contributed by atoms with Crippen molar-refractivity contribution in [2.24, 2.45) is 0 Å². The standard InChI is InChI=1S/C16H24N8O2S/c1-3-26-12(25)10-27-16-18-11-24(22-16)15-20-13(17-2)19-14(21-15)23-8-6-4-5-7-9-23/h11H,3-10H2,1-2H3,(H,17,19,20,21). The van der Waals surface area contributed by atoms with Gasteiger partial charge >= 0.3 is 5.97 Å². The molecule has 146 valence electrons. The average molecular weight is 392 g/mol. The molecular formula is C16H24N8O2S. The number of carbonyl (C=O) groups excluding carboxylic acids is 1. The Balaban J connectivity index is 1.77. The van der Waals surface area contributed by atoms with E-state index in [0.717, 1.165) is 25.9 Å². The Morgan fingerprint density at radius 1 is 1.19 bits per heavy atom. The molecule has 2 aromatic heterocycles. The minimum Gasteiger partial charge on any atom is -0.465 e. The maximum absolute atomic E-state index is 11.5. The van der Waals surface area contributed by atoms with Gasteiger partial charge in [0, 0.05) is 20.1 Å². The first kappa shape index (κ1) is 19.3. The summed E-state index contributed by atoms with van der Waals surface area (Å²) < 4.78 is 6.41. The molecule has 0 spiro atoms. The Morgan fingerprint density at radius 2 is 1.93 bits per heavy atom. The van der Waals surface area contributed by atoms with Crippen LogP contribution in [0.4, 0.5) is 11.9 Å². The van der Waals surface area contributed by atoms with Gasteiger partial charge in [-0.15, -0.1) is 5.10 Å². The molecule has 0 atom stereocenters. The summed E-state index contributed by atoms with van der Waals surface area (Å²) in [4.78, 5) is 31.3. The van der Waals surface area contributed by atoms with E-state index in [9.17, 15) is 4.79 Å². The summed E-state index contributed by atoms with van der Waals surface area (Å²) in [5.41, 5.74) is 0. The quantitative estimate of drug-likeness (QED) is 0.550. The van der Waals surface area contributed by atoms with Gasteiger partial charge in [-0.05, 0) is 19.8 Å². The molecule has 0 aromatic carbocycles. The zero-order valence-corrected chi connectivity index (χ0v) is 16.4. The summed E-state index contributed by atoms with van der Waals surface area (Å²) in [6.45, 7) is 4.00. The van der Waals surface area contributed by atoms with Crippen molar-refractivity contribution in [3.8, 4) is 5.95 Å². The average Bonchev–Trinajstić information content (AvgIpc) is 2.99. The van der Waals surface area contributed by atoms with Gasteiger partial charge in [0.15, 0.2) is 0 Å². The fourth-order valence-corrected chi connectivity index (χ4v) is 3.31. The first-order valence-corrected chi connectivity index (χ1v) is 10.1. The third kappa shape index (κ3) is 5.28. The van der Waals surface area contributed by atoms with Crippen LogP contribution in [0.5, 0.6) is 0 Å². The second-order valence-electron chi connectivity index (χ2n) is 5.98. The molecule has 2 aromatic rings. The lowest BCUT2D eigenvalue weighted by molar-refractivity contribution is -0.139. The highest BCUT2D eigenvalue weighted by molar-refractivity contribution is 7.99. The number of aromatic nitrogens is 6. The smallest absolute Gasteiger partial charge is 0.316 e. The summed E-state index contributed by atoms with van der Waals surface area (Å²) in [6.07, 6.45) is 6.27. The number of nitrogens with one attached hydrogen (secondary N) is 1. The van der Waals surface area contributed by atoms with Crippen molar-refractivity contribution in [2.75, 3.05) is 42.7 Å². The molecule has 3 rings (SSSR count). The summed E-state index contributed by atoms with van der Waals surface area (Å²) >= 11 is 1.21. The number of ether oxygens (including phenoxy) is 1. The van der Waals surface area contributed by atoms with E-state index in [1.54, 1.807) is 14.0 Å². The predicted octanol–water partition coefficient (Wildman–Crippen LogP) is 1.53. The molecule has 0 bridgehead atoms. The van der Waals surface area contributed by atoms with Crippen molar-refractivity contribution < 1.29 is 9.53 Å². The van der Waals surface area contributed by atoms with Crippen molar-refractivity contribution in [1.29, 1.82) is 0 Å². The molecule has 10 nitrogen and oxygen atoms in total. The highest BCUT2D eigenvalue weighted by Crippen LogP contribution is 2.19. The molecule has 1 aliphatic rings. The first-order chi connectivity index (χ1) is 13.2. The summed E-state index contributed by atoms with van der Waals surface area (Å²) in [5, 5.41) is 7.79. The molecule has 11 heteroatoms. The van der Waals surface area contributed by atoms with Crippen LogP contribution < -0.4 is 10.2 Å². The first-order valence-electron chi connectivity index (χ1n) is 9.09. The Labute approximate surface area is 162 Å². The second kappa shape index (κ2) is 9.49. The lowest BCUT2D eigenvalue weighted by Gasteiger charge is -2.20. The van der Waals surface area contributed by atoms with Gasteiger partial charge in [-0.2, -0.15) is 19.6 Å². The van der Waals surface area contributed by atoms with Crippen molar-refractivity contribution in [3.63, 3.8) is 0 Å². The van der Waals surface area contributed by atoms with Crippen LogP contribution in [0.2, 0.25) is 0 Å². The van der Waals surface area contributed by atoms with Crippen LogP contribution in [0.25, 0.3) is 5.95 Å². The second-order valence-corrected chi connectivity index (χ2v) is 6.92. The number of hydrogen-bond donors (Lipinski definition) is 1.